The molecule has 1 aliphatic rings. The van der Waals surface area contributed by atoms with E-state index in [0.717, 1.165) is 12.1 Å². The standard InChI is InChI=1S/C15H20F2N2O2/c1-15(2)9-19(8-10(7-18)21-15)14(20)6-11-12(16)4-3-5-13(11)17/h3-5,10H,6-9,18H2,1-2H3. The molecule has 21 heavy (non-hydrogen) atoms. The maximum Gasteiger partial charge on any atom is 0.227 e. The van der Waals surface area contributed by atoms with Gasteiger partial charge in [-0.15, -0.1) is 0 Å². The number of morpholine rings is 1. The van der Waals surface area contributed by atoms with Crippen molar-refractivity contribution in [3.8, 4) is 0 Å². The third-order valence-electron chi connectivity index (χ3n) is 3.49. The number of amides is 1. The molecule has 0 bridgehead atoms. The molecular formula is C15H20F2N2O2. The van der Waals surface area contributed by atoms with Crippen LogP contribution in [0.15, 0.2) is 18.2 Å². The summed E-state index contributed by atoms with van der Waals surface area (Å²) in [6.07, 6.45) is -0.561. The Bertz CT molecular complexity index is 514. The number of nitrogens with two attached hydrogens (primary N) is 1. The van der Waals surface area contributed by atoms with Crippen molar-refractivity contribution in [1.82, 2.24) is 4.90 Å². The lowest BCUT2D eigenvalue weighted by molar-refractivity contribution is -0.158. The number of nitrogens with zero attached hydrogens (tertiary/aromatic N) is 1. The average molecular weight is 298 g/mol. The summed E-state index contributed by atoms with van der Waals surface area (Å²) in [5, 5.41) is 0. The molecule has 0 aliphatic carbocycles. The second kappa shape index (κ2) is 6.07. The van der Waals surface area contributed by atoms with E-state index < -0.39 is 17.2 Å². The van der Waals surface area contributed by atoms with Crippen LogP contribution in [0, 0.1) is 11.6 Å². The Labute approximate surface area is 122 Å². The predicted molar refractivity (Wildman–Crippen MR) is 74.6 cm³/mol. The second-order valence-corrected chi connectivity index (χ2v) is 5.89. The Morgan fingerprint density at radius 2 is 2.05 bits per heavy atom. The van der Waals surface area contributed by atoms with E-state index in [9.17, 15) is 13.6 Å². The summed E-state index contributed by atoms with van der Waals surface area (Å²) in [4.78, 5) is 13.9. The van der Waals surface area contributed by atoms with Gasteiger partial charge in [0.1, 0.15) is 11.6 Å². The van der Waals surface area contributed by atoms with E-state index >= 15 is 0 Å². The van der Waals surface area contributed by atoms with Gasteiger partial charge < -0.3 is 15.4 Å². The van der Waals surface area contributed by atoms with Gasteiger partial charge in [0.05, 0.1) is 18.1 Å². The molecule has 6 heteroatoms. The van der Waals surface area contributed by atoms with Crippen LogP contribution in [0.25, 0.3) is 0 Å². The SMILES string of the molecule is CC1(C)CN(C(=O)Cc2c(F)cccc2F)CC(CN)O1. The van der Waals surface area contributed by atoms with Gasteiger partial charge >= 0.3 is 0 Å². The highest BCUT2D eigenvalue weighted by atomic mass is 19.1. The second-order valence-electron chi connectivity index (χ2n) is 5.89. The van der Waals surface area contributed by atoms with Crippen molar-refractivity contribution in [2.75, 3.05) is 19.6 Å². The molecule has 1 heterocycles. The number of carbonyl (C=O) groups is 1. The van der Waals surface area contributed by atoms with Crippen molar-refractivity contribution in [2.24, 2.45) is 5.73 Å². The molecule has 2 rings (SSSR count). The van der Waals surface area contributed by atoms with Gasteiger partial charge in [0, 0.05) is 25.2 Å². The Kier molecular flexibility index (Phi) is 4.58. The summed E-state index contributed by atoms with van der Waals surface area (Å²) in [6.45, 7) is 4.73. The van der Waals surface area contributed by atoms with Crippen molar-refractivity contribution in [2.45, 2.75) is 32.0 Å². The average Bonchev–Trinajstić information content (AvgIpc) is 2.41. The highest BCUT2D eigenvalue weighted by molar-refractivity contribution is 5.79. The summed E-state index contributed by atoms with van der Waals surface area (Å²) in [7, 11) is 0. The number of hydrogen-bond donors (Lipinski definition) is 1. The monoisotopic (exact) mass is 298 g/mol. The minimum Gasteiger partial charge on any atom is -0.367 e. The highest BCUT2D eigenvalue weighted by Gasteiger charge is 2.35. The fourth-order valence-corrected chi connectivity index (χ4v) is 2.57. The summed E-state index contributed by atoms with van der Waals surface area (Å²) in [5.41, 5.74) is 4.88. The third-order valence-corrected chi connectivity index (χ3v) is 3.49. The lowest BCUT2D eigenvalue weighted by Crippen LogP contribution is -2.56. The van der Waals surface area contributed by atoms with E-state index in [0.29, 0.717) is 19.6 Å². The van der Waals surface area contributed by atoms with E-state index in [1.54, 1.807) is 4.90 Å². The molecule has 0 saturated carbocycles. The van der Waals surface area contributed by atoms with Crippen LogP contribution >= 0.6 is 0 Å². The first-order valence-corrected chi connectivity index (χ1v) is 6.91. The number of carbonyl (C=O) groups excluding carboxylic acids is 1. The van der Waals surface area contributed by atoms with Gasteiger partial charge in [0.2, 0.25) is 5.91 Å². The summed E-state index contributed by atoms with van der Waals surface area (Å²) >= 11 is 0. The Morgan fingerprint density at radius 1 is 1.43 bits per heavy atom. The molecule has 1 saturated heterocycles. The van der Waals surface area contributed by atoms with Crippen LogP contribution in [0.3, 0.4) is 0 Å². The summed E-state index contributed by atoms with van der Waals surface area (Å²) in [5.74, 6) is -1.73. The van der Waals surface area contributed by atoms with Gasteiger partial charge in [-0.25, -0.2) is 8.78 Å². The van der Waals surface area contributed by atoms with Crippen LogP contribution in [-0.4, -0.2) is 42.1 Å². The lowest BCUT2D eigenvalue weighted by atomic mass is 10.0. The first-order valence-electron chi connectivity index (χ1n) is 6.91. The maximum atomic E-state index is 13.6. The van der Waals surface area contributed by atoms with Gasteiger partial charge in [0.25, 0.3) is 0 Å². The Hall–Kier alpha value is -1.53. The molecular weight excluding hydrogens is 278 g/mol. The van der Waals surface area contributed by atoms with Crippen LogP contribution in [0.1, 0.15) is 19.4 Å². The molecule has 1 atom stereocenters. The quantitative estimate of drug-likeness (QED) is 0.919. The van der Waals surface area contributed by atoms with Crippen LogP contribution in [0.2, 0.25) is 0 Å². The first-order chi connectivity index (χ1) is 9.82. The van der Waals surface area contributed by atoms with Crippen molar-refractivity contribution < 1.29 is 18.3 Å². The molecule has 1 unspecified atom stereocenters. The molecule has 1 amide bonds. The van der Waals surface area contributed by atoms with Crippen LogP contribution < -0.4 is 5.73 Å². The van der Waals surface area contributed by atoms with Crippen LogP contribution in [0.5, 0.6) is 0 Å². The topological polar surface area (TPSA) is 55.6 Å². The zero-order valence-corrected chi connectivity index (χ0v) is 12.2. The van der Waals surface area contributed by atoms with E-state index in [2.05, 4.69) is 0 Å². The normalized spacial score (nSPS) is 21.4. The molecule has 0 aromatic heterocycles. The minimum atomic E-state index is -0.703. The number of rotatable bonds is 3. The largest absolute Gasteiger partial charge is 0.367 e. The summed E-state index contributed by atoms with van der Waals surface area (Å²) in [6, 6.07) is 3.58. The van der Waals surface area contributed by atoms with Crippen molar-refractivity contribution in [1.29, 1.82) is 0 Å². The number of benzene rings is 1. The maximum absolute atomic E-state index is 13.6. The van der Waals surface area contributed by atoms with E-state index in [1.165, 1.54) is 6.07 Å². The lowest BCUT2D eigenvalue weighted by Gasteiger charge is -2.42. The highest BCUT2D eigenvalue weighted by Crippen LogP contribution is 2.22. The third kappa shape index (κ3) is 3.77. The number of ether oxygens (including phenoxy) is 1. The zero-order valence-electron chi connectivity index (χ0n) is 12.2. The predicted octanol–water partition coefficient (Wildman–Crippen LogP) is 1.47. The molecule has 1 fully saturated rings. The number of hydrogen-bond acceptors (Lipinski definition) is 3. The minimum absolute atomic E-state index is 0.198. The van der Waals surface area contributed by atoms with Gasteiger partial charge in [-0.2, -0.15) is 0 Å². The van der Waals surface area contributed by atoms with Crippen molar-refractivity contribution in [3.05, 3.63) is 35.4 Å². The van der Waals surface area contributed by atoms with E-state index in [4.69, 9.17) is 10.5 Å². The molecule has 1 aromatic carbocycles. The smallest absolute Gasteiger partial charge is 0.227 e. The number of halogens is 2. The molecule has 1 aromatic rings. The fourth-order valence-electron chi connectivity index (χ4n) is 2.57. The van der Waals surface area contributed by atoms with Gasteiger partial charge in [-0.3, -0.25) is 4.79 Å². The van der Waals surface area contributed by atoms with Gasteiger partial charge in [-0.1, -0.05) is 6.07 Å². The van der Waals surface area contributed by atoms with Gasteiger partial charge in [0.15, 0.2) is 0 Å². The molecule has 4 nitrogen and oxygen atoms in total. The molecule has 1 aliphatic heterocycles. The molecule has 0 spiro atoms. The Morgan fingerprint density at radius 3 is 2.62 bits per heavy atom. The molecule has 0 radical (unpaired) electrons. The Balaban J connectivity index is 2.13. The molecule has 2 N–H and O–H groups in total. The van der Waals surface area contributed by atoms with Crippen molar-refractivity contribution in [3.63, 3.8) is 0 Å². The summed E-state index contributed by atoms with van der Waals surface area (Å²) < 4.78 is 33.0. The van der Waals surface area contributed by atoms with Crippen LogP contribution in [0.4, 0.5) is 8.78 Å². The fraction of sp³-hybridized carbons (Fsp3) is 0.533. The molecule has 116 valence electrons. The van der Waals surface area contributed by atoms with E-state index in [-0.39, 0.29) is 24.0 Å². The van der Waals surface area contributed by atoms with E-state index in [1.807, 2.05) is 13.8 Å². The van der Waals surface area contributed by atoms with Crippen molar-refractivity contribution >= 4 is 5.91 Å². The van der Waals surface area contributed by atoms with Gasteiger partial charge in [-0.05, 0) is 26.0 Å². The zero-order chi connectivity index (χ0) is 15.6. The van der Waals surface area contributed by atoms with Crippen LogP contribution in [-0.2, 0) is 16.0 Å². The first kappa shape index (κ1) is 15.9.